The average molecular weight is 282 g/mol. The number of benzene rings is 1. The van der Waals surface area contributed by atoms with Gasteiger partial charge in [0.1, 0.15) is 5.82 Å². The molecular formula is C18H22N2O. The third-order valence-corrected chi connectivity index (χ3v) is 4.43. The lowest BCUT2D eigenvalue weighted by Gasteiger charge is -2.08. The van der Waals surface area contributed by atoms with Crippen molar-refractivity contribution in [2.75, 3.05) is 0 Å². The normalized spacial score (nSPS) is 14.6. The summed E-state index contributed by atoms with van der Waals surface area (Å²) >= 11 is 0. The van der Waals surface area contributed by atoms with E-state index in [1.54, 1.807) is 0 Å². The standard InChI is InChI=1S/C18H22N2O/c1-12-8-9-14(10-13(12)2)11-17-19-16-7-5-3-4-6-15(16)18(21)20-17/h8-10H,3-7,11H2,1-2H3,(H,19,20,21). The van der Waals surface area contributed by atoms with E-state index < -0.39 is 0 Å². The number of H-pyrrole nitrogens is 1. The van der Waals surface area contributed by atoms with Crippen LogP contribution in [0.3, 0.4) is 0 Å². The molecule has 0 amide bonds. The molecule has 1 aromatic heterocycles. The van der Waals surface area contributed by atoms with Crippen LogP contribution >= 0.6 is 0 Å². The molecule has 1 aromatic carbocycles. The van der Waals surface area contributed by atoms with E-state index >= 15 is 0 Å². The molecule has 0 aliphatic heterocycles. The molecule has 0 saturated carbocycles. The van der Waals surface area contributed by atoms with Crippen LogP contribution in [0.1, 0.15) is 53.0 Å². The molecule has 0 atom stereocenters. The van der Waals surface area contributed by atoms with Gasteiger partial charge in [-0.05, 0) is 56.2 Å². The predicted octanol–water partition coefficient (Wildman–Crippen LogP) is 3.25. The maximum absolute atomic E-state index is 12.3. The zero-order chi connectivity index (χ0) is 14.8. The van der Waals surface area contributed by atoms with E-state index in [1.807, 2.05) is 0 Å². The number of aromatic nitrogens is 2. The average Bonchev–Trinajstić information content (AvgIpc) is 2.69. The Hall–Kier alpha value is -1.90. The van der Waals surface area contributed by atoms with Crippen LogP contribution in [0.2, 0.25) is 0 Å². The summed E-state index contributed by atoms with van der Waals surface area (Å²) in [6.45, 7) is 4.23. The number of rotatable bonds is 2. The number of aromatic amines is 1. The summed E-state index contributed by atoms with van der Waals surface area (Å²) in [5, 5.41) is 0. The Balaban J connectivity index is 1.92. The molecule has 1 aliphatic rings. The van der Waals surface area contributed by atoms with Gasteiger partial charge in [-0.15, -0.1) is 0 Å². The zero-order valence-electron chi connectivity index (χ0n) is 12.8. The maximum atomic E-state index is 12.3. The number of fused-ring (bicyclic) bond motifs is 1. The molecule has 3 nitrogen and oxygen atoms in total. The van der Waals surface area contributed by atoms with Gasteiger partial charge in [-0.25, -0.2) is 4.98 Å². The van der Waals surface area contributed by atoms with Crippen molar-refractivity contribution >= 4 is 0 Å². The lowest BCUT2D eigenvalue weighted by molar-refractivity contribution is 0.708. The number of nitrogens with zero attached hydrogens (tertiary/aromatic N) is 1. The van der Waals surface area contributed by atoms with Crippen LogP contribution in [0.4, 0.5) is 0 Å². The van der Waals surface area contributed by atoms with Crippen LogP contribution in [0.25, 0.3) is 0 Å². The van der Waals surface area contributed by atoms with Crippen LogP contribution in [-0.4, -0.2) is 9.97 Å². The Bertz CT molecular complexity index is 716. The molecule has 2 aromatic rings. The monoisotopic (exact) mass is 282 g/mol. The van der Waals surface area contributed by atoms with Crippen LogP contribution in [0.5, 0.6) is 0 Å². The highest BCUT2D eigenvalue weighted by atomic mass is 16.1. The Morgan fingerprint density at radius 2 is 1.90 bits per heavy atom. The first-order chi connectivity index (χ1) is 10.1. The smallest absolute Gasteiger partial charge is 0.254 e. The summed E-state index contributed by atoms with van der Waals surface area (Å²) in [6, 6.07) is 6.43. The van der Waals surface area contributed by atoms with E-state index in [4.69, 9.17) is 4.98 Å². The molecule has 0 unspecified atom stereocenters. The van der Waals surface area contributed by atoms with Crippen molar-refractivity contribution in [1.82, 2.24) is 9.97 Å². The molecule has 3 heteroatoms. The fourth-order valence-electron chi connectivity index (χ4n) is 3.02. The minimum atomic E-state index is 0.0701. The van der Waals surface area contributed by atoms with E-state index in [2.05, 4.69) is 37.0 Å². The van der Waals surface area contributed by atoms with Gasteiger partial charge in [0.05, 0.1) is 5.69 Å². The van der Waals surface area contributed by atoms with E-state index in [-0.39, 0.29) is 5.56 Å². The van der Waals surface area contributed by atoms with Crippen LogP contribution in [0.15, 0.2) is 23.0 Å². The lowest BCUT2D eigenvalue weighted by Crippen LogP contribution is -2.19. The summed E-state index contributed by atoms with van der Waals surface area (Å²) in [6.07, 6.45) is 5.97. The molecule has 0 spiro atoms. The van der Waals surface area contributed by atoms with E-state index in [1.165, 1.54) is 23.1 Å². The van der Waals surface area contributed by atoms with Gasteiger partial charge < -0.3 is 4.98 Å². The van der Waals surface area contributed by atoms with Gasteiger partial charge in [0.25, 0.3) is 5.56 Å². The van der Waals surface area contributed by atoms with Crippen LogP contribution in [-0.2, 0) is 19.3 Å². The van der Waals surface area contributed by atoms with Gasteiger partial charge in [-0.3, -0.25) is 4.79 Å². The number of hydrogen-bond donors (Lipinski definition) is 1. The van der Waals surface area contributed by atoms with Crippen LogP contribution < -0.4 is 5.56 Å². The van der Waals surface area contributed by atoms with Crippen molar-refractivity contribution in [2.24, 2.45) is 0 Å². The second kappa shape index (κ2) is 5.84. The topological polar surface area (TPSA) is 45.8 Å². The summed E-state index contributed by atoms with van der Waals surface area (Å²) in [7, 11) is 0. The first-order valence-corrected chi connectivity index (χ1v) is 7.80. The SMILES string of the molecule is Cc1ccc(Cc2nc3c(c(=O)[nH]2)CCCCC3)cc1C. The van der Waals surface area contributed by atoms with Gasteiger partial charge in [-0.1, -0.05) is 24.6 Å². The quantitative estimate of drug-likeness (QED) is 0.859. The minimum absolute atomic E-state index is 0.0701. The van der Waals surface area contributed by atoms with Gasteiger partial charge >= 0.3 is 0 Å². The Kier molecular flexibility index (Phi) is 3.91. The van der Waals surface area contributed by atoms with Crippen molar-refractivity contribution < 1.29 is 0 Å². The van der Waals surface area contributed by atoms with Crippen molar-refractivity contribution in [3.8, 4) is 0 Å². The first kappa shape index (κ1) is 14.1. The number of aryl methyl sites for hydroxylation is 3. The largest absolute Gasteiger partial charge is 0.310 e. The highest BCUT2D eigenvalue weighted by Gasteiger charge is 2.14. The molecule has 1 aliphatic carbocycles. The molecule has 1 heterocycles. The van der Waals surface area contributed by atoms with E-state index in [0.29, 0.717) is 6.42 Å². The first-order valence-electron chi connectivity index (χ1n) is 7.80. The summed E-state index contributed by atoms with van der Waals surface area (Å²) < 4.78 is 0. The Labute approximate surface area is 125 Å². The van der Waals surface area contributed by atoms with Crippen molar-refractivity contribution in [2.45, 2.75) is 52.4 Å². The molecule has 0 fully saturated rings. The van der Waals surface area contributed by atoms with Gasteiger partial charge in [-0.2, -0.15) is 0 Å². The fraction of sp³-hybridized carbons (Fsp3) is 0.444. The lowest BCUT2D eigenvalue weighted by atomic mass is 10.0. The molecule has 21 heavy (non-hydrogen) atoms. The number of nitrogens with one attached hydrogen (secondary N) is 1. The third kappa shape index (κ3) is 3.07. The molecule has 0 radical (unpaired) electrons. The van der Waals surface area contributed by atoms with Crippen molar-refractivity contribution in [3.63, 3.8) is 0 Å². The minimum Gasteiger partial charge on any atom is -0.310 e. The fourth-order valence-corrected chi connectivity index (χ4v) is 3.02. The van der Waals surface area contributed by atoms with Gasteiger partial charge in [0.15, 0.2) is 0 Å². The summed E-state index contributed by atoms with van der Waals surface area (Å²) in [5.74, 6) is 0.795. The maximum Gasteiger partial charge on any atom is 0.254 e. The highest BCUT2D eigenvalue weighted by molar-refractivity contribution is 5.32. The molecule has 0 saturated heterocycles. The molecular weight excluding hydrogens is 260 g/mol. The van der Waals surface area contributed by atoms with E-state index in [0.717, 1.165) is 42.8 Å². The van der Waals surface area contributed by atoms with Crippen molar-refractivity contribution in [3.05, 3.63) is 62.3 Å². The molecule has 0 bridgehead atoms. The molecule has 110 valence electrons. The Morgan fingerprint density at radius 1 is 1.10 bits per heavy atom. The zero-order valence-corrected chi connectivity index (χ0v) is 12.8. The highest BCUT2D eigenvalue weighted by Crippen LogP contribution is 2.17. The number of hydrogen-bond acceptors (Lipinski definition) is 2. The van der Waals surface area contributed by atoms with Gasteiger partial charge in [0.2, 0.25) is 0 Å². The van der Waals surface area contributed by atoms with Crippen molar-refractivity contribution in [1.29, 1.82) is 0 Å². The molecule has 3 rings (SSSR count). The van der Waals surface area contributed by atoms with E-state index in [9.17, 15) is 4.79 Å². The second-order valence-electron chi connectivity index (χ2n) is 6.09. The molecule has 1 N–H and O–H groups in total. The summed E-state index contributed by atoms with van der Waals surface area (Å²) in [5.41, 5.74) is 5.79. The second-order valence-corrected chi connectivity index (χ2v) is 6.09. The predicted molar refractivity (Wildman–Crippen MR) is 84.8 cm³/mol. The van der Waals surface area contributed by atoms with Gasteiger partial charge in [0, 0.05) is 12.0 Å². The third-order valence-electron chi connectivity index (χ3n) is 4.43. The van der Waals surface area contributed by atoms with Crippen LogP contribution in [0, 0.1) is 13.8 Å². The Morgan fingerprint density at radius 3 is 2.71 bits per heavy atom. The summed E-state index contributed by atoms with van der Waals surface area (Å²) in [4.78, 5) is 20.0.